The van der Waals surface area contributed by atoms with E-state index in [4.69, 9.17) is 9.47 Å². The summed E-state index contributed by atoms with van der Waals surface area (Å²) in [6.07, 6.45) is 0. The minimum Gasteiger partial charge on any atom is -0.378 e. The predicted octanol–water partition coefficient (Wildman–Crippen LogP) is 2.76. The Morgan fingerprint density at radius 3 is 2.25 bits per heavy atom. The van der Waals surface area contributed by atoms with Crippen molar-refractivity contribution >= 4 is 5.82 Å². The van der Waals surface area contributed by atoms with Gasteiger partial charge in [-0.2, -0.15) is 0 Å². The van der Waals surface area contributed by atoms with Crippen molar-refractivity contribution in [3.63, 3.8) is 0 Å². The number of methoxy groups -OCH3 is 2. The molecule has 0 saturated carbocycles. The SMILES string of the molecule is COCc1cc(NCC(C)(C)OC)nc(C(C)(C)C)n1. The molecule has 0 atom stereocenters. The Kier molecular flexibility index (Phi) is 5.48. The summed E-state index contributed by atoms with van der Waals surface area (Å²) >= 11 is 0. The van der Waals surface area contributed by atoms with Crippen LogP contribution in [-0.2, 0) is 21.5 Å². The number of nitrogens with zero attached hydrogens (tertiary/aromatic N) is 2. The molecular weight excluding hydrogens is 254 g/mol. The van der Waals surface area contributed by atoms with Gasteiger partial charge in [0.05, 0.1) is 17.9 Å². The molecule has 0 fully saturated rings. The number of hydrogen-bond acceptors (Lipinski definition) is 5. The molecule has 0 aliphatic heterocycles. The Hall–Kier alpha value is -1.20. The summed E-state index contributed by atoms with van der Waals surface area (Å²) in [5.74, 6) is 1.62. The van der Waals surface area contributed by atoms with Gasteiger partial charge in [0.2, 0.25) is 0 Å². The molecule has 0 aliphatic rings. The Bertz CT molecular complexity index is 439. The molecular formula is C15H27N3O2. The molecule has 0 bridgehead atoms. The van der Waals surface area contributed by atoms with Gasteiger partial charge in [0, 0.05) is 32.2 Å². The fourth-order valence-corrected chi connectivity index (χ4v) is 1.52. The van der Waals surface area contributed by atoms with Crippen LogP contribution in [0.2, 0.25) is 0 Å². The van der Waals surface area contributed by atoms with Crippen LogP contribution in [0.15, 0.2) is 6.07 Å². The van der Waals surface area contributed by atoms with Crippen LogP contribution in [0.1, 0.15) is 46.1 Å². The van der Waals surface area contributed by atoms with Crippen LogP contribution in [-0.4, -0.2) is 36.3 Å². The highest BCUT2D eigenvalue weighted by Crippen LogP contribution is 2.21. The van der Waals surface area contributed by atoms with E-state index in [1.54, 1.807) is 14.2 Å². The maximum atomic E-state index is 5.40. The number of ether oxygens (including phenoxy) is 2. The molecule has 0 aliphatic carbocycles. The molecule has 0 radical (unpaired) electrons. The Morgan fingerprint density at radius 1 is 1.10 bits per heavy atom. The third-order valence-corrected chi connectivity index (χ3v) is 2.99. The van der Waals surface area contributed by atoms with E-state index in [1.165, 1.54) is 0 Å². The Balaban J connectivity index is 2.97. The van der Waals surface area contributed by atoms with Gasteiger partial charge < -0.3 is 14.8 Å². The van der Waals surface area contributed by atoms with Gasteiger partial charge in [-0.25, -0.2) is 9.97 Å². The van der Waals surface area contributed by atoms with Gasteiger partial charge in [-0.3, -0.25) is 0 Å². The highest BCUT2D eigenvalue weighted by molar-refractivity contribution is 5.37. The fourth-order valence-electron chi connectivity index (χ4n) is 1.52. The molecule has 1 heterocycles. The minimum atomic E-state index is -0.242. The third-order valence-electron chi connectivity index (χ3n) is 2.99. The second kappa shape index (κ2) is 6.50. The van der Waals surface area contributed by atoms with Crippen molar-refractivity contribution in [2.24, 2.45) is 0 Å². The second-order valence-electron chi connectivity index (χ2n) is 6.57. The lowest BCUT2D eigenvalue weighted by Crippen LogP contribution is -2.32. The second-order valence-corrected chi connectivity index (χ2v) is 6.57. The van der Waals surface area contributed by atoms with Crippen molar-refractivity contribution in [1.29, 1.82) is 0 Å². The van der Waals surface area contributed by atoms with Gasteiger partial charge in [0.15, 0.2) is 0 Å². The maximum Gasteiger partial charge on any atom is 0.136 e. The summed E-state index contributed by atoms with van der Waals surface area (Å²) in [5, 5.41) is 3.32. The first-order valence-electron chi connectivity index (χ1n) is 6.84. The molecule has 0 saturated heterocycles. The van der Waals surface area contributed by atoms with Crippen LogP contribution in [0.4, 0.5) is 5.82 Å². The van der Waals surface area contributed by atoms with Gasteiger partial charge in [-0.1, -0.05) is 20.8 Å². The lowest BCUT2D eigenvalue weighted by molar-refractivity contribution is 0.0343. The number of hydrogen-bond donors (Lipinski definition) is 1. The van der Waals surface area contributed by atoms with Crippen LogP contribution < -0.4 is 5.32 Å². The quantitative estimate of drug-likeness (QED) is 0.869. The van der Waals surface area contributed by atoms with Crippen molar-refractivity contribution in [3.05, 3.63) is 17.6 Å². The van der Waals surface area contributed by atoms with Gasteiger partial charge in [-0.05, 0) is 13.8 Å². The van der Waals surface area contributed by atoms with Gasteiger partial charge in [0.1, 0.15) is 11.6 Å². The molecule has 0 aromatic carbocycles. The van der Waals surface area contributed by atoms with E-state index >= 15 is 0 Å². The molecule has 0 spiro atoms. The first kappa shape index (κ1) is 16.9. The molecule has 20 heavy (non-hydrogen) atoms. The summed E-state index contributed by atoms with van der Waals surface area (Å²) in [5.41, 5.74) is 0.538. The minimum absolute atomic E-state index is 0.100. The van der Waals surface area contributed by atoms with E-state index in [9.17, 15) is 0 Å². The van der Waals surface area contributed by atoms with Crippen LogP contribution >= 0.6 is 0 Å². The lowest BCUT2D eigenvalue weighted by atomic mass is 9.95. The molecule has 5 nitrogen and oxygen atoms in total. The van der Waals surface area contributed by atoms with Crippen LogP contribution in [0.5, 0.6) is 0 Å². The molecule has 0 unspecified atom stereocenters. The van der Waals surface area contributed by atoms with Crippen LogP contribution in [0, 0.1) is 0 Å². The van der Waals surface area contributed by atoms with Gasteiger partial charge in [-0.15, -0.1) is 0 Å². The average Bonchev–Trinajstić information content (AvgIpc) is 2.36. The van der Waals surface area contributed by atoms with E-state index < -0.39 is 0 Å². The Labute approximate surface area is 122 Å². The molecule has 1 aromatic heterocycles. The molecule has 5 heteroatoms. The monoisotopic (exact) mass is 281 g/mol. The Morgan fingerprint density at radius 2 is 1.75 bits per heavy atom. The largest absolute Gasteiger partial charge is 0.378 e. The topological polar surface area (TPSA) is 56.3 Å². The lowest BCUT2D eigenvalue weighted by Gasteiger charge is -2.24. The van der Waals surface area contributed by atoms with E-state index in [1.807, 2.05) is 19.9 Å². The zero-order valence-corrected chi connectivity index (χ0v) is 13.7. The summed E-state index contributed by atoms with van der Waals surface area (Å²) in [7, 11) is 3.37. The summed E-state index contributed by atoms with van der Waals surface area (Å²) in [6, 6.07) is 1.92. The predicted molar refractivity (Wildman–Crippen MR) is 81.0 cm³/mol. The maximum absolute atomic E-state index is 5.40. The van der Waals surface area contributed by atoms with Gasteiger partial charge >= 0.3 is 0 Å². The van der Waals surface area contributed by atoms with Crippen molar-refractivity contribution < 1.29 is 9.47 Å². The highest BCUT2D eigenvalue weighted by Gasteiger charge is 2.20. The van der Waals surface area contributed by atoms with Crippen LogP contribution in [0.3, 0.4) is 0 Å². The van der Waals surface area contributed by atoms with Crippen molar-refractivity contribution in [2.45, 2.75) is 52.2 Å². The fraction of sp³-hybridized carbons (Fsp3) is 0.733. The third kappa shape index (κ3) is 5.06. The molecule has 114 valence electrons. The van der Waals surface area contributed by atoms with Crippen molar-refractivity contribution in [1.82, 2.24) is 9.97 Å². The highest BCUT2D eigenvalue weighted by atomic mass is 16.5. The van der Waals surface area contributed by atoms with Crippen LogP contribution in [0.25, 0.3) is 0 Å². The van der Waals surface area contributed by atoms with E-state index in [0.29, 0.717) is 13.2 Å². The van der Waals surface area contributed by atoms with E-state index in [-0.39, 0.29) is 11.0 Å². The van der Waals surface area contributed by atoms with Crippen molar-refractivity contribution in [2.75, 3.05) is 26.1 Å². The summed E-state index contributed by atoms with van der Waals surface area (Å²) in [6.45, 7) is 11.5. The summed E-state index contributed by atoms with van der Waals surface area (Å²) < 4.78 is 10.6. The first-order chi connectivity index (χ1) is 9.18. The number of rotatable bonds is 6. The normalized spacial score (nSPS) is 12.6. The van der Waals surface area contributed by atoms with Crippen molar-refractivity contribution in [3.8, 4) is 0 Å². The zero-order valence-electron chi connectivity index (χ0n) is 13.7. The smallest absolute Gasteiger partial charge is 0.136 e. The molecule has 1 rings (SSSR count). The first-order valence-corrected chi connectivity index (χ1v) is 6.84. The van der Waals surface area contributed by atoms with E-state index in [2.05, 4.69) is 36.1 Å². The number of anilines is 1. The molecule has 1 N–H and O–H groups in total. The number of aromatic nitrogens is 2. The molecule has 1 aromatic rings. The average molecular weight is 281 g/mol. The summed E-state index contributed by atoms with van der Waals surface area (Å²) in [4.78, 5) is 9.14. The zero-order chi connectivity index (χ0) is 15.4. The number of nitrogens with one attached hydrogen (secondary N) is 1. The standard InChI is InChI=1S/C15H27N3O2/c1-14(2,3)13-17-11(9-19-6)8-12(18-13)16-10-15(4,5)20-7/h8H,9-10H2,1-7H3,(H,16,17,18). The van der Waals surface area contributed by atoms with Gasteiger partial charge in [0.25, 0.3) is 0 Å². The molecule has 0 amide bonds. The van der Waals surface area contributed by atoms with E-state index in [0.717, 1.165) is 17.3 Å².